The minimum absolute atomic E-state index is 0.0170. The molecule has 1 aliphatic carbocycles. The molecule has 10 nitrogen and oxygen atoms in total. The van der Waals surface area contributed by atoms with Crippen LogP contribution in [0.2, 0.25) is 5.02 Å². The molecule has 0 spiro atoms. The van der Waals surface area contributed by atoms with Crippen LogP contribution in [0.15, 0.2) is 54.6 Å². The summed E-state index contributed by atoms with van der Waals surface area (Å²) in [6.45, 7) is 0.641. The summed E-state index contributed by atoms with van der Waals surface area (Å²) >= 11 is 5.95. The zero-order valence-corrected chi connectivity index (χ0v) is 26.0. The molecule has 5 rings (SSSR count). The average Bonchev–Trinajstić information content (AvgIpc) is 3.49. The van der Waals surface area contributed by atoms with Gasteiger partial charge in [0, 0.05) is 34.9 Å². The van der Waals surface area contributed by atoms with Crippen LogP contribution in [0.3, 0.4) is 0 Å². The molecule has 0 radical (unpaired) electrons. The Kier molecular flexibility index (Phi) is 10.9. The summed E-state index contributed by atoms with van der Waals surface area (Å²) in [5, 5.41) is 12.5. The summed E-state index contributed by atoms with van der Waals surface area (Å²) in [5.41, 5.74) is 1.88. The number of aromatic amines is 1. The number of piperidine rings is 1. The van der Waals surface area contributed by atoms with Crippen molar-refractivity contribution in [1.29, 1.82) is 0 Å². The molecule has 45 heavy (non-hydrogen) atoms. The maximum atomic E-state index is 13.9. The number of fused-ring (bicyclic) bond motifs is 1. The highest BCUT2D eigenvalue weighted by molar-refractivity contribution is 6.38. The molecule has 5 N–H and O–H groups in total. The van der Waals surface area contributed by atoms with Crippen molar-refractivity contribution in [3.8, 4) is 0 Å². The van der Waals surface area contributed by atoms with Crippen LogP contribution in [0.5, 0.6) is 0 Å². The zero-order valence-electron chi connectivity index (χ0n) is 25.2. The topological polar surface area (TPSA) is 149 Å². The Morgan fingerprint density at radius 1 is 0.867 bits per heavy atom. The Bertz CT molecular complexity index is 1500. The summed E-state index contributed by atoms with van der Waals surface area (Å²) in [6, 6.07) is 13.9. The third-order valence-corrected chi connectivity index (χ3v) is 9.08. The fraction of sp³-hybridized carbons (Fsp3) is 0.441. The predicted molar refractivity (Wildman–Crippen MR) is 171 cm³/mol. The molecule has 3 atom stereocenters. The first-order valence-electron chi connectivity index (χ1n) is 15.8. The smallest absolute Gasteiger partial charge is 0.289 e. The number of carbonyl (C=O) groups is 5. The summed E-state index contributed by atoms with van der Waals surface area (Å²) in [6.07, 6.45) is 6.82. The quantitative estimate of drug-likeness (QED) is 0.190. The van der Waals surface area contributed by atoms with Crippen LogP contribution in [-0.2, 0) is 25.7 Å². The predicted octanol–water partition coefficient (Wildman–Crippen LogP) is 4.18. The lowest BCUT2D eigenvalue weighted by atomic mass is 9.84. The molecule has 0 unspecified atom stereocenters. The van der Waals surface area contributed by atoms with Gasteiger partial charge in [-0.15, -0.1) is 0 Å². The standard InChI is InChI=1S/C34H40ClN5O5/c35-25-14-12-22(13-15-25)20-37-34(45)30(41)27(19-24-10-6-16-36-31(24)42)39-32(43)28(17-21-7-2-1-3-8-21)40-33(44)29-18-23-9-4-5-11-26(23)38-29/h4-5,9,11-15,18,21,24,27-28,38H,1-3,6-8,10,16-17,19-20H2,(H,36,42)(H,37,45)(H,39,43)(H,40,44)/t24-,27-,28-/m0/s1. The average molecular weight is 634 g/mol. The lowest BCUT2D eigenvalue weighted by Crippen LogP contribution is -2.55. The lowest BCUT2D eigenvalue weighted by Gasteiger charge is -2.29. The number of para-hydroxylation sites is 1. The fourth-order valence-electron chi connectivity index (χ4n) is 6.30. The maximum Gasteiger partial charge on any atom is 0.289 e. The summed E-state index contributed by atoms with van der Waals surface area (Å²) < 4.78 is 0. The summed E-state index contributed by atoms with van der Waals surface area (Å²) in [4.78, 5) is 69.6. The van der Waals surface area contributed by atoms with E-state index in [-0.39, 0.29) is 24.8 Å². The number of ketones is 1. The number of Topliss-reactive ketones (excluding diaryl/α,β-unsaturated/α-hetero) is 1. The van der Waals surface area contributed by atoms with E-state index in [0.29, 0.717) is 30.1 Å². The van der Waals surface area contributed by atoms with Crippen molar-refractivity contribution in [2.45, 2.75) is 76.4 Å². The van der Waals surface area contributed by atoms with Gasteiger partial charge in [-0.05, 0) is 61.4 Å². The molecule has 1 aromatic heterocycles. The van der Waals surface area contributed by atoms with Gasteiger partial charge in [0.25, 0.3) is 11.8 Å². The number of benzene rings is 2. The molecule has 1 aliphatic heterocycles. The lowest BCUT2D eigenvalue weighted by molar-refractivity contribution is -0.141. The first kappa shape index (κ1) is 32.2. The number of amides is 4. The molecule has 1 saturated carbocycles. The van der Waals surface area contributed by atoms with Gasteiger partial charge in [0.2, 0.25) is 17.6 Å². The Balaban J connectivity index is 1.32. The van der Waals surface area contributed by atoms with E-state index in [0.717, 1.165) is 55.0 Å². The van der Waals surface area contributed by atoms with Crippen LogP contribution < -0.4 is 21.3 Å². The third-order valence-electron chi connectivity index (χ3n) is 8.83. The summed E-state index contributed by atoms with van der Waals surface area (Å²) in [7, 11) is 0. The van der Waals surface area contributed by atoms with Gasteiger partial charge in [-0.3, -0.25) is 24.0 Å². The number of halogens is 1. The van der Waals surface area contributed by atoms with Gasteiger partial charge in [0.15, 0.2) is 0 Å². The number of carbonyl (C=O) groups excluding carboxylic acids is 5. The van der Waals surface area contributed by atoms with Crippen LogP contribution in [-0.4, -0.2) is 53.0 Å². The molecular weight excluding hydrogens is 594 g/mol. The number of rotatable bonds is 12. The van der Waals surface area contributed by atoms with Crippen molar-refractivity contribution >= 4 is 51.9 Å². The van der Waals surface area contributed by atoms with E-state index in [1.165, 1.54) is 0 Å². The van der Waals surface area contributed by atoms with Crippen molar-refractivity contribution in [3.05, 3.63) is 70.9 Å². The first-order valence-corrected chi connectivity index (χ1v) is 16.2. The van der Waals surface area contributed by atoms with Gasteiger partial charge < -0.3 is 26.3 Å². The van der Waals surface area contributed by atoms with Gasteiger partial charge in [0.05, 0.1) is 6.04 Å². The van der Waals surface area contributed by atoms with E-state index < -0.39 is 41.5 Å². The van der Waals surface area contributed by atoms with Gasteiger partial charge in [0.1, 0.15) is 11.7 Å². The second-order valence-electron chi connectivity index (χ2n) is 12.1. The largest absolute Gasteiger partial charge is 0.356 e. The fourth-order valence-corrected chi connectivity index (χ4v) is 6.42. The zero-order chi connectivity index (χ0) is 31.8. The second-order valence-corrected chi connectivity index (χ2v) is 12.6. The monoisotopic (exact) mass is 633 g/mol. The molecular formula is C34H40ClN5O5. The SMILES string of the molecule is O=C(NCc1ccc(Cl)cc1)C(=O)[C@H](C[C@@H]1CCCNC1=O)NC(=O)[C@H](CC1CCCCC1)NC(=O)c1cc2ccccc2[nH]1. The van der Waals surface area contributed by atoms with Crippen molar-refractivity contribution < 1.29 is 24.0 Å². The minimum atomic E-state index is -1.24. The highest BCUT2D eigenvalue weighted by Crippen LogP contribution is 2.28. The van der Waals surface area contributed by atoms with Gasteiger partial charge >= 0.3 is 0 Å². The van der Waals surface area contributed by atoms with Crippen molar-refractivity contribution in [2.24, 2.45) is 11.8 Å². The van der Waals surface area contributed by atoms with Crippen LogP contribution in [0, 0.1) is 11.8 Å². The highest BCUT2D eigenvalue weighted by atomic mass is 35.5. The first-order chi connectivity index (χ1) is 21.8. The normalized spacial score (nSPS) is 18.4. The molecule has 2 aromatic carbocycles. The molecule has 4 amide bonds. The molecule has 1 saturated heterocycles. The molecule has 2 aliphatic rings. The second kappa shape index (κ2) is 15.2. The Morgan fingerprint density at radius 3 is 2.36 bits per heavy atom. The number of H-pyrrole nitrogens is 1. The Morgan fingerprint density at radius 2 is 1.62 bits per heavy atom. The Labute approximate surface area is 267 Å². The van der Waals surface area contributed by atoms with Crippen LogP contribution in [0.4, 0.5) is 0 Å². The van der Waals surface area contributed by atoms with Crippen LogP contribution >= 0.6 is 11.6 Å². The molecule has 2 fully saturated rings. The van der Waals surface area contributed by atoms with E-state index in [1.807, 2.05) is 24.3 Å². The number of nitrogens with one attached hydrogen (secondary N) is 5. The molecule has 11 heteroatoms. The number of hydrogen-bond acceptors (Lipinski definition) is 5. The highest BCUT2D eigenvalue weighted by Gasteiger charge is 2.35. The van der Waals surface area contributed by atoms with Crippen molar-refractivity contribution in [2.75, 3.05) is 6.54 Å². The van der Waals surface area contributed by atoms with E-state index in [9.17, 15) is 24.0 Å². The van der Waals surface area contributed by atoms with Crippen molar-refractivity contribution in [1.82, 2.24) is 26.3 Å². The van der Waals surface area contributed by atoms with E-state index in [4.69, 9.17) is 11.6 Å². The van der Waals surface area contributed by atoms with Gasteiger partial charge in [-0.1, -0.05) is 74.0 Å². The van der Waals surface area contributed by atoms with E-state index >= 15 is 0 Å². The van der Waals surface area contributed by atoms with Crippen molar-refractivity contribution in [3.63, 3.8) is 0 Å². The minimum Gasteiger partial charge on any atom is -0.356 e. The van der Waals surface area contributed by atoms with E-state index in [1.54, 1.807) is 30.3 Å². The summed E-state index contributed by atoms with van der Waals surface area (Å²) in [5.74, 6) is -3.19. The van der Waals surface area contributed by atoms with E-state index in [2.05, 4.69) is 26.3 Å². The third kappa shape index (κ3) is 8.72. The number of hydrogen-bond donors (Lipinski definition) is 5. The molecule has 2 heterocycles. The molecule has 3 aromatic rings. The van der Waals surface area contributed by atoms with Crippen LogP contribution in [0.1, 0.15) is 73.8 Å². The van der Waals surface area contributed by atoms with Gasteiger partial charge in [-0.25, -0.2) is 0 Å². The van der Waals surface area contributed by atoms with Crippen LogP contribution in [0.25, 0.3) is 10.9 Å². The molecule has 0 bridgehead atoms. The van der Waals surface area contributed by atoms with Gasteiger partial charge in [-0.2, -0.15) is 0 Å². The maximum absolute atomic E-state index is 13.9. The number of aromatic nitrogens is 1. The Hall–Kier alpha value is -4.18. The molecule has 238 valence electrons.